The molecule has 0 aromatic heterocycles. The smallest absolute Gasteiger partial charge is 0.162 e. The maximum Gasteiger partial charge on any atom is 0.162 e. The first-order chi connectivity index (χ1) is 9.49. The van der Waals surface area contributed by atoms with Crippen LogP contribution in [0.25, 0.3) is 0 Å². The molecule has 2 aromatic carbocycles. The number of aliphatic hydroxyl groups is 1. The molecular formula is C14H10F4O2. The molecule has 1 unspecified atom stereocenters. The van der Waals surface area contributed by atoms with E-state index in [9.17, 15) is 22.7 Å². The van der Waals surface area contributed by atoms with Crippen LogP contribution in [0.5, 0.6) is 5.75 Å². The van der Waals surface area contributed by atoms with Crippen molar-refractivity contribution in [3.8, 4) is 5.75 Å². The van der Waals surface area contributed by atoms with E-state index in [4.69, 9.17) is 4.74 Å². The molecule has 20 heavy (non-hydrogen) atoms. The highest BCUT2D eigenvalue weighted by Crippen LogP contribution is 2.22. The Morgan fingerprint density at radius 3 is 2.15 bits per heavy atom. The molecule has 0 saturated carbocycles. The van der Waals surface area contributed by atoms with Gasteiger partial charge in [-0.1, -0.05) is 6.07 Å². The maximum atomic E-state index is 13.4. The summed E-state index contributed by atoms with van der Waals surface area (Å²) in [6.07, 6.45) is -1.57. The molecule has 0 bridgehead atoms. The molecule has 2 rings (SSSR count). The number of hydrogen-bond donors (Lipinski definition) is 1. The third-order valence-corrected chi connectivity index (χ3v) is 2.63. The van der Waals surface area contributed by atoms with Gasteiger partial charge in [0.1, 0.15) is 30.1 Å². The quantitative estimate of drug-likeness (QED) is 0.873. The second-order valence-electron chi connectivity index (χ2n) is 4.04. The van der Waals surface area contributed by atoms with Gasteiger partial charge >= 0.3 is 0 Å². The number of aliphatic hydroxyl groups excluding tert-OH is 1. The van der Waals surface area contributed by atoms with Crippen LogP contribution in [0, 0.1) is 23.3 Å². The molecule has 0 aliphatic rings. The third-order valence-electron chi connectivity index (χ3n) is 2.63. The Bertz CT molecular complexity index is 596. The number of halogens is 4. The fourth-order valence-electron chi connectivity index (χ4n) is 1.65. The summed E-state index contributed by atoms with van der Waals surface area (Å²) in [7, 11) is 0. The molecule has 0 radical (unpaired) electrons. The van der Waals surface area contributed by atoms with Crippen LogP contribution in [0.2, 0.25) is 0 Å². The average Bonchev–Trinajstić information content (AvgIpc) is 2.40. The van der Waals surface area contributed by atoms with E-state index in [0.717, 1.165) is 36.4 Å². The van der Waals surface area contributed by atoms with Crippen LogP contribution in [0.1, 0.15) is 11.7 Å². The summed E-state index contributed by atoms with van der Waals surface area (Å²) in [5, 5.41) is 9.69. The maximum absolute atomic E-state index is 13.4. The lowest BCUT2D eigenvalue weighted by atomic mass is 10.1. The molecule has 2 aromatic rings. The van der Waals surface area contributed by atoms with Gasteiger partial charge in [0.15, 0.2) is 11.6 Å². The molecular weight excluding hydrogens is 276 g/mol. The molecule has 6 heteroatoms. The second-order valence-corrected chi connectivity index (χ2v) is 4.04. The summed E-state index contributed by atoms with van der Waals surface area (Å²) >= 11 is 0. The summed E-state index contributed by atoms with van der Waals surface area (Å²) in [4.78, 5) is 0. The standard InChI is InChI=1S/C14H10F4O2/c15-9-5-4-8(6-12(9)18)20-7-13(19)14-10(16)2-1-3-11(14)17/h1-6,13,19H,7H2. The van der Waals surface area contributed by atoms with Crippen molar-refractivity contribution in [1.82, 2.24) is 0 Å². The van der Waals surface area contributed by atoms with E-state index in [2.05, 4.69) is 0 Å². The lowest BCUT2D eigenvalue weighted by molar-refractivity contribution is 0.101. The molecule has 0 spiro atoms. The van der Waals surface area contributed by atoms with E-state index < -0.39 is 41.5 Å². The predicted octanol–water partition coefficient (Wildman–Crippen LogP) is 3.36. The second kappa shape index (κ2) is 5.92. The SMILES string of the molecule is OC(COc1ccc(F)c(F)c1)c1c(F)cccc1F. The zero-order chi connectivity index (χ0) is 14.7. The molecule has 106 valence electrons. The Balaban J connectivity index is 2.08. The first kappa shape index (κ1) is 14.3. The van der Waals surface area contributed by atoms with Crippen LogP contribution in [0.3, 0.4) is 0 Å². The minimum absolute atomic E-state index is 0.0558. The van der Waals surface area contributed by atoms with Crippen LogP contribution < -0.4 is 4.74 Å². The van der Waals surface area contributed by atoms with Crippen molar-refractivity contribution in [2.75, 3.05) is 6.61 Å². The zero-order valence-electron chi connectivity index (χ0n) is 10.1. The average molecular weight is 286 g/mol. The third kappa shape index (κ3) is 3.08. The van der Waals surface area contributed by atoms with Crippen molar-refractivity contribution in [3.63, 3.8) is 0 Å². The van der Waals surface area contributed by atoms with Gasteiger partial charge in [-0.25, -0.2) is 17.6 Å². The fourth-order valence-corrected chi connectivity index (χ4v) is 1.65. The highest BCUT2D eigenvalue weighted by atomic mass is 19.2. The van der Waals surface area contributed by atoms with Gasteiger partial charge in [0.05, 0.1) is 5.56 Å². The summed E-state index contributed by atoms with van der Waals surface area (Å²) < 4.78 is 57.3. The van der Waals surface area contributed by atoms with Crippen molar-refractivity contribution in [1.29, 1.82) is 0 Å². The van der Waals surface area contributed by atoms with Gasteiger partial charge in [-0.3, -0.25) is 0 Å². The summed E-state index contributed by atoms with van der Waals surface area (Å²) in [5.74, 6) is -4.04. The van der Waals surface area contributed by atoms with E-state index in [1.54, 1.807) is 0 Å². The molecule has 0 saturated heterocycles. The Hall–Kier alpha value is -2.08. The van der Waals surface area contributed by atoms with Crippen molar-refractivity contribution in [2.45, 2.75) is 6.10 Å². The van der Waals surface area contributed by atoms with Crippen LogP contribution in [-0.4, -0.2) is 11.7 Å². The van der Waals surface area contributed by atoms with Crippen molar-refractivity contribution in [2.24, 2.45) is 0 Å². The Labute approximate surface area is 112 Å². The summed E-state index contributed by atoms with van der Waals surface area (Å²) in [6, 6.07) is 5.93. The van der Waals surface area contributed by atoms with Gasteiger partial charge in [-0.2, -0.15) is 0 Å². The van der Waals surface area contributed by atoms with E-state index >= 15 is 0 Å². The minimum Gasteiger partial charge on any atom is -0.490 e. The molecule has 0 fully saturated rings. The van der Waals surface area contributed by atoms with Gasteiger partial charge in [-0.15, -0.1) is 0 Å². The predicted molar refractivity (Wildman–Crippen MR) is 63.2 cm³/mol. The van der Waals surface area contributed by atoms with Crippen molar-refractivity contribution in [3.05, 3.63) is 65.2 Å². The van der Waals surface area contributed by atoms with E-state index in [1.165, 1.54) is 0 Å². The fraction of sp³-hybridized carbons (Fsp3) is 0.143. The minimum atomic E-state index is -1.57. The highest BCUT2D eigenvalue weighted by Gasteiger charge is 2.18. The van der Waals surface area contributed by atoms with Gasteiger partial charge in [0, 0.05) is 6.07 Å². The van der Waals surface area contributed by atoms with Crippen molar-refractivity contribution >= 4 is 0 Å². The summed E-state index contributed by atoms with van der Waals surface area (Å²) in [6.45, 7) is -0.497. The molecule has 0 amide bonds. The Kier molecular flexibility index (Phi) is 4.24. The van der Waals surface area contributed by atoms with Crippen LogP contribution in [0.15, 0.2) is 36.4 Å². The number of ether oxygens (including phenoxy) is 1. The van der Waals surface area contributed by atoms with E-state index in [1.807, 2.05) is 0 Å². The topological polar surface area (TPSA) is 29.5 Å². The Morgan fingerprint density at radius 1 is 0.900 bits per heavy atom. The van der Waals surface area contributed by atoms with E-state index in [-0.39, 0.29) is 5.75 Å². The first-order valence-corrected chi connectivity index (χ1v) is 5.69. The lowest BCUT2D eigenvalue weighted by Gasteiger charge is -2.14. The van der Waals surface area contributed by atoms with Crippen molar-refractivity contribution < 1.29 is 27.4 Å². The molecule has 2 nitrogen and oxygen atoms in total. The first-order valence-electron chi connectivity index (χ1n) is 5.69. The molecule has 1 atom stereocenters. The van der Waals surface area contributed by atoms with E-state index in [0.29, 0.717) is 0 Å². The largest absolute Gasteiger partial charge is 0.490 e. The van der Waals surface area contributed by atoms with Gasteiger partial charge in [-0.05, 0) is 24.3 Å². The summed E-state index contributed by atoms with van der Waals surface area (Å²) in [5.41, 5.74) is -0.532. The molecule has 0 aliphatic heterocycles. The van der Waals surface area contributed by atoms with Gasteiger partial charge in [0.2, 0.25) is 0 Å². The number of benzene rings is 2. The highest BCUT2D eigenvalue weighted by molar-refractivity contribution is 5.25. The number of rotatable bonds is 4. The molecule has 1 N–H and O–H groups in total. The normalized spacial score (nSPS) is 12.2. The monoisotopic (exact) mass is 286 g/mol. The molecule has 0 heterocycles. The van der Waals surface area contributed by atoms with Gasteiger partial charge in [0.25, 0.3) is 0 Å². The lowest BCUT2D eigenvalue weighted by Crippen LogP contribution is -2.13. The Morgan fingerprint density at radius 2 is 1.55 bits per heavy atom. The van der Waals surface area contributed by atoms with Crippen LogP contribution >= 0.6 is 0 Å². The van der Waals surface area contributed by atoms with Crippen LogP contribution in [-0.2, 0) is 0 Å². The van der Waals surface area contributed by atoms with Gasteiger partial charge < -0.3 is 9.84 Å². The van der Waals surface area contributed by atoms with Crippen LogP contribution in [0.4, 0.5) is 17.6 Å². The molecule has 0 aliphatic carbocycles. The zero-order valence-corrected chi connectivity index (χ0v) is 10.1. The number of hydrogen-bond acceptors (Lipinski definition) is 2.